The van der Waals surface area contributed by atoms with Crippen LogP contribution in [0.3, 0.4) is 0 Å². The minimum absolute atomic E-state index is 0.0621. The molecule has 104 valence electrons. The zero-order valence-electron chi connectivity index (χ0n) is 11.4. The van der Waals surface area contributed by atoms with Crippen molar-refractivity contribution in [1.29, 1.82) is 0 Å². The normalized spacial score (nSPS) is 14.3. The van der Waals surface area contributed by atoms with Gasteiger partial charge in [-0.2, -0.15) is 0 Å². The van der Waals surface area contributed by atoms with Gasteiger partial charge < -0.3 is 20.1 Å². The molecule has 1 aromatic rings. The quantitative estimate of drug-likeness (QED) is 0.875. The van der Waals surface area contributed by atoms with E-state index in [0.29, 0.717) is 13.0 Å². The number of rotatable bonds is 5. The van der Waals surface area contributed by atoms with Crippen molar-refractivity contribution in [3.8, 4) is 11.5 Å². The molecule has 0 aromatic heterocycles. The van der Waals surface area contributed by atoms with Gasteiger partial charge in [0.15, 0.2) is 11.5 Å². The molecular weight excluding hydrogens is 244 g/mol. The van der Waals surface area contributed by atoms with E-state index < -0.39 is 0 Å². The molecular formula is C14H20N2O3. The SMILES string of the molecule is CCC(N)CC(=O)N(C)Cc1ccc2c(c1)OCO2. The maximum absolute atomic E-state index is 11.9. The summed E-state index contributed by atoms with van der Waals surface area (Å²) in [5, 5.41) is 0. The van der Waals surface area contributed by atoms with Crippen molar-refractivity contribution in [3.05, 3.63) is 23.8 Å². The highest BCUT2D eigenvalue weighted by Gasteiger charge is 2.16. The summed E-state index contributed by atoms with van der Waals surface area (Å²) in [6.07, 6.45) is 1.20. The Morgan fingerprint density at radius 1 is 1.42 bits per heavy atom. The first-order valence-corrected chi connectivity index (χ1v) is 6.48. The molecule has 0 fully saturated rings. The van der Waals surface area contributed by atoms with E-state index in [2.05, 4.69) is 0 Å². The highest BCUT2D eigenvalue weighted by molar-refractivity contribution is 5.76. The van der Waals surface area contributed by atoms with Gasteiger partial charge in [-0.25, -0.2) is 0 Å². The van der Waals surface area contributed by atoms with Crippen LogP contribution in [0.1, 0.15) is 25.3 Å². The summed E-state index contributed by atoms with van der Waals surface area (Å²) in [5.74, 6) is 1.56. The van der Waals surface area contributed by atoms with Gasteiger partial charge in [-0.05, 0) is 24.1 Å². The molecule has 1 amide bonds. The van der Waals surface area contributed by atoms with Crippen molar-refractivity contribution in [2.24, 2.45) is 5.73 Å². The van der Waals surface area contributed by atoms with Gasteiger partial charge in [-0.1, -0.05) is 13.0 Å². The molecule has 0 bridgehead atoms. The summed E-state index contributed by atoms with van der Waals surface area (Å²) in [6.45, 7) is 2.79. The minimum atomic E-state index is -0.0632. The molecule has 0 saturated heterocycles. The molecule has 5 heteroatoms. The monoisotopic (exact) mass is 264 g/mol. The molecule has 0 aliphatic carbocycles. The van der Waals surface area contributed by atoms with E-state index in [1.165, 1.54) is 0 Å². The van der Waals surface area contributed by atoms with E-state index in [-0.39, 0.29) is 18.7 Å². The van der Waals surface area contributed by atoms with Gasteiger partial charge in [0.2, 0.25) is 12.7 Å². The summed E-state index contributed by atoms with van der Waals surface area (Å²) < 4.78 is 10.6. The van der Waals surface area contributed by atoms with Crippen molar-refractivity contribution in [1.82, 2.24) is 4.90 Å². The molecule has 2 N–H and O–H groups in total. The number of ether oxygens (including phenoxy) is 2. The Balaban J connectivity index is 1.95. The number of nitrogens with two attached hydrogens (primary N) is 1. The zero-order chi connectivity index (χ0) is 13.8. The molecule has 2 rings (SSSR count). The van der Waals surface area contributed by atoms with Gasteiger partial charge in [0.25, 0.3) is 0 Å². The Morgan fingerprint density at radius 3 is 2.89 bits per heavy atom. The Kier molecular flexibility index (Phi) is 4.27. The smallest absolute Gasteiger partial charge is 0.231 e. The minimum Gasteiger partial charge on any atom is -0.454 e. The maximum atomic E-state index is 11.9. The first kappa shape index (κ1) is 13.7. The Labute approximate surface area is 113 Å². The Morgan fingerprint density at radius 2 is 2.16 bits per heavy atom. The van der Waals surface area contributed by atoms with Crippen LogP contribution in [-0.4, -0.2) is 30.7 Å². The van der Waals surface area contributed by atoms with Crippen LogP contribution in [0.15, 0.2) is 18.2 Å². The Hall–Kier alpha value is -1.75. The average molecular weight is 264 g/mol. The van der Waals surface area contributed by atoms with Gasteiger partial charge in [0, 0.05) is 26.1 Å². The van der Waals surface area contributed by atoms with Crippen LogP contribution in [0.25, 0.3) is 0 Å². The summed E-state index contributed by atoms with van der Waals surface area (Å²) in [6, 6.07) is 5.66. The van der Waals surface area contributed by atoms with Crippen LogP contribution in [0, 0.1) is 0 Å². The van der Waals surface area contributed by atoms with Crippen LogP contribution in [-0.2, 0) is 11.3 Å². The molecule has 1 aliphatic rings. The lowest BCUT2D eigenvalue weighted by Crippen LogP contribution is -2.32. The number of amides is 1. The third-order valence-corrected chi connectivity index (χ3v) is 3.24. The average Bonchev–Trinajstić information content (AvgIpc) is 2.85. The van der Waals surface area contributed by atoms with E-state index in [1.54, 1.807) is 11.9 Å². The third-order valence-electron chi connectivity index (χ3n) is 3.24. The molecule has 0 radical (unpaired) electrons. The number of fused-ring (bicyclic) bond motifs is 1. The fraction of sp³-hybridized carbons (Fsp3) is 0.500. The second kappa shape index (κ2) is 5.93. The second-order valence-electron chi connectivity index (χ2n) is 4.81. The van der Waals surface area contributed by atoms with Gasteiger partial charge in [-0.15, -0.1) is 0 Å². The van der Waals surface area contributed by atoms with E-state index in [4.69, 9.17) is 15.2 Å². The summed E-state index contributed by atoms with van der Waals surface area (Å²) in [5.41, 5.74) is 6.81. The van der Waals surface area contributed by atoms with Crippen molar-refractivity contribution in [2.75, 3.05) is 13.8 Å². The van der Waals surface area contributed by atoms with Crippen molar-refractivity contribution in [3.63, 3.8) is 0 Å². The number of carbonyl (C=O) groups excluding carboxylic acids is 1. The molecule has 5 nitrogen and oxygen atoms in total. The Bertz CT molecular complexity index is 462. The van der Waals surface area contributed by atoms with Gasteiger partial charge in [0.05, 0.1) is 0 Å². The lowest BCUT2D eigenvalue weighted by molar-refractivity contribution is -0.130. The zero-order valence-corrected chi connectivity index (χ0v) is 11.4. The van der Waals surface area contributed by atoms with Crippen LogP contribution in [0.4, 0.5) is 0 Å². The first-order chi connectivity index (χ1) is 9.10. The predicted octanol–water partition coefficient (Wildman–Crippen LogP) is 1.50. The number of nitrogens with zero attached hydrogens (tertiary/aromatic N) is 1. The third kappa shape index (κ3) is 3.38. The number of benzene rings is 1. The summed E-state index contributed by atoms with van der Waals surface area (Å²) >= 11 is 0. The van der Waals surface area contributed by atoms with Gasteiger partial charge in [-0.3, -0.25) is 4.79 Å². The molecule has 0 saturated carbocycles. The van der Waals surface area contributed by atoms with Crippen LogP contribution >= 0.6 is 0 Å². The second-order valence-corrected chi connectivity index (χ2v) is 4.81. The van der Waals surface area contributed by atoms with Gasteiger partial charge >= 0.3 is 0 Å². The van der Waals surface area contributed by atoms with E-state index in [0.717, 1.165) is 23.5 Å². The standard InChI is InChI=1S/C14H20N2O3/c1-3-11(15)7-14(17)16(2)8-10-4-5-12-13(6-10)19-9-18-12/h4-6,11H,3,7-9,15H2,1-2H3. The predicted molar refractivity (Wildman–Crippen MR) is 71.9 cm³/mol. The summed E-state index contributed by atoms with van der Waals surface area (Å²) in [4.78, 5) is 13.6. The van der Waals surface area contributed by atoms with E-state index in [9.17, 15) is 4.79 Å². The van der Waals surface area contributed by atoms with Gasteiger partial charge in [0.1, 0.15) is 0 Å². The molecule has 0 spiro atoms. The van der Waals surface area contributed by atoms with Crippen molar-refractivity contribution in [2.45, 2.75) is 32.4 Å². The van der Waals surface area contributed by atoms with Crippen molar-refractivity contribution >= 4 is 5.91 Å². The first-order valence-electron chi connectivity index (χ1n) is 6.48. The van der Waals surface area contributed by atoms with Crippen LogP contribution in [0.5, 0.6) is 11.5 Å². The molecule has 19 heavy (non-hydrogen) atoms. The van der Waals surface area contributed by atoms with E-state index in [1.807, 2.05) is 25.1 Å². The lowest BCUT2D eigenvalue weighted by Gasteiger charge is -2.19. The molecule has 1 unspecified atom stereocenters. The van der Waals surface area contributed by atoms with Crippen molar-refractivity contribution < 1.29 is 14.3 Å². The highest BCUT2D eigenvalue weighted by Crippen LogP contribution is 2.32. The van der Waals surface area contributed by atoms with Crippen LogP contribution in [0.2, 0.25) is 0 Å². The maximum Gasteiger partial charge on any atom is 0.231 e. The molecule has 1 aliphatic heterocycles. The molecule has 1 heterocycles. The fourth-order valence-electron chi connectivity index (χ4n) is 1.93. The molecule has 1 atom stereocenters. The van der Waals surface area contributed by atoms with E-state index >= 15 is 0 Å². The fourth-order valence-corrected chi connectivity index (χ4v) is 1.93. The largest absolute Gasteiger partial charge is 0.454 e. The number of hydrogen-bond donors (Lipinski definition) is 1. The number of carbonyl (C=O) groups is 1. The molecule has 1 aromatic carbocycles. The lowest BCUT2D eigenvalue weighted by atomic mass is 10.1. The summed E-state index contributed by atoms with van der Waals surface area (Å²) in [7, 11) is 1.79. The highest BCUT2D eigenvalue weighted by atomic mass is 16.7. The van der Waals surface area contributed by atoms with Crippen LogP contribution < -0.4 is 15.2 Å². The topological polar surface area (TPSA) is 64.8 Å². The number of hydrogen-bond acceptors (Lipinski definition) is 4.